The van der Waals surface area contributed by atoms with Crippen molar-refractivity contribution in [2.45, 2.75) is 63.7 Å². The monoisotopic (exact) mass is 825 g/mol. The van der Waals surface area contributed by atoms with Gasteiger partial charge in [-0.05, 0) is 116 Å². The standard InChI is InChI=1S/C63H55N/c1-63(52-37-34-49(35-38-52)55-30-15-25-46-24-11-12-28-54(46)55)42-40-53(41-43-63)64(61-39-36-51(45-18-5-2-6-19-45)44-59(61)48-22-9-4-10-23-48)60-33-14-13-29-57(60)58-32-17-27-50-26-16-31-56(62(50)58)47-20-7-3-8-21-47/h2,4-6,9-19,22-34,36-42,44,47,49H,3,7-8,20-21,35,43H2,1H3. The average molecular weight is 826 g/mol. The summed E-state index contributed by atoms with van der Waals surface area (Å²) in [6.07, 6.45) is 23.1. The van der Waals surface area contributed by atoms with Crippen LogP contribution < -0.4 is 4.90 Å². The molecule has 64 heavy (non-hydrogen) atoms. The Morgan fingerprint density at radius 2 is 1.16 bits per heavy atom. The van der Waals surface area contributed by atoms with Crippen molar-refractivity contribution in [1.29, 1.82) is 0 Å². The molecule has 8 aromatic carbocycles. The lowest BCUT2D eigenvalue weighted by Gasteiger charge is -2.36. The normalized spacial score (nSPS) is 18.8. The third kappa shape index (κ3) is 7.54. The van der Waals surface area contributed by atoms with Gasteiger partial charge in [0.1, 0.15) is 0 Å². The minimum Gasteiger partial charge on any atom is -0.310 e. The number of anilines is 2. The predicted molar refractivity (Wildman–Crippen MR) is 273 cm³/mol. The van der Waals surface area contributed by atoms with Crippen LogP contribution in [0.3, 0.4) is 0 Å². The van der Waals surface area contributed by atoms with Crippen molar-refractivity contribution in [3.05, 3.63) is 241 Å². The molecule has 0 radical (unpaired) electrons. The fourth-order valence-corrected chi connectivity index (χ4v) is 11.0. The summed E-state index contributed by atoms with van der Waals surface area (Å²) in [5.41, 5.74) is 15.1. The summed E-state index contributed by atoms with van der Waals surface area (Å²) in [6.45, 7) is 2.41. The SMILES string of the molecule is CC1(C2=CCC(c3cccc4ccccc34)C=C2)C=CC(N(c2ccc(-c3ccccc3)cc2-c2ccccc2)c2ccccc2-c2cccc3cccc(C4CCCCC4)c23)=CC1. The Kier molecular flexibility index (Phi) is 10.8. The summed E-state index contributed by atoms with van der Waals surface area (Å²) < 4.78 is 0. The van der Waals surface area contributed by atoms with E-state index in [-0.39, 0.29) is 5.41 Å². The van der Waals surface area contributed by atoms with Gasteiger partial charge < -0.3 is 4.90 Å². The first-order chi connectivity index (χ1) is 31.6. The first-order valence-electron chi connectivity index (χ1n) is 23.5. The number of hydrogen-bond donors (Lipinski definition) is 0. The van der Waals surface area contributed by atoms with Crippen LogP contribution in [0.15, 0.2) is 230 Å². The molecule has 0 aliphatic heterocycles. The molecule has 0 amide bonds. The van der Waals surface area contributed by atoms with Crippen LogP contribution >= 0.6 is 0 Å². The van der Waals surface area contributed by atoms with Crippen molar-refractivity contribution >= 4 is 32.9 Å². The molecule has 2 atom stereocenters. The Labute approximate surface area is 379 Å². The van der Waals surface area contributed by atoms with Gasteiger partial charge in [0.25, 0.3) is 0 Å². The summed E-state index contributed by atoms with van der Waals surface area (Å²) in [5, 5.41) is 5.40. The van der Waals surface area contributed by atoms with Crippen LogP contribution in [-0.2, 0) is 0 Å². The van der Waals surface area contributed by atoms with Gasteiger partial charge in [0.2, 0.25) is 0 Å². The second-order valence-corrected chi connectivity index (χ2v) is 18.4. The Morgan fingerprint density at radius 1 is 0.500 bits per heavy atom. The molecule has 1 fully saturated rings. The van der Waals surface area contributed by atoms with E-state index >= 15 is 0 Å². The average Bonchev–Trinajstić information content (AvgIpc) is 3.37. The minimum atomic E-state index is -0.126. The highest BCUT2D eigenvalue weighted by atomic mass is 15.2. The number of fused-ring (bicyclic) bond motifs is 2. The molecular formula is C63H55N. The third-order valence-electron chi connectivity index (χ3n) is 14.4. The van der Waals surface area contributed by atoms with Crippen LogP contribution in [0.4, 0.5) is 11.4 Å². The fourth-order valence-electron chi connectivity index (χ4n) is 11.0. The van der Waals surface area contributed by atoms with Gasteiger partial charge in [0, 0.05) is 28.2 Å². The van der Waals surface area contributed by atoms with E-state index in [2.05, 4.69) is 230 Å². The second kappa shape index (κ2) is 17.3. The predicted octanol–water partition coefficient (Wildman–Crippen LogP) is 17.7. The van der Waals surface area contributed by atoms with E-state index in [4.69, 9.17) is 0 Å². The molecule has 0 N–H and O–H groups in total. The lowest BCUT2D eigenvalue weighted by atomic mass is 9.73. The van der Waals surface area contributed by atoms with E-state index in [1.54, 1.807) is 0 Å². The van der Waals surface area contributed by atoms with Crippen molar-refractivity contribution in [2.75, 3.05) is 4.90 Å². The molecule has 1 saturated carbocycles. The Bertz CT molecular complexity index is 3090. The van der Waals surface area contributed by atoms with Gasteiger partial charge in [-0.15, -0.1) is 0 Å². The minimum absolute atomic E-state index is 0.126. The van der Waals surface area contributed by atoms with Gasteiger partial charge in [0.15, 0.2) is 0 Å². The van der Waals surface area contributed by atoms with Gasteiger partial charge in [-0.1, -0.05) is 220 Å². The van der Waals surface area contributed by atoms with Crippen LogP contribution in [-0.4, -0.2) is 0 Å². The molecule has 312 valence electrons. The van der Waals surface area contributed by atoms with Gasteiger partial charge >= 0.3 is 0 Å². The number of nitrogens with zero attached hydrogens (tertiary/aromatic N) is 1. The summed E-state index contributed by atoms with van der Waals surface area (Å²) >= 11 is 0. The van der Waals surface area contributed by atoms with E-state index in [1.807, 2.05) is 0 Å². The number of allylic oxidation sites excluding steroid dienone is 7. The molecule has 1 nitrogen and oxygen atoms in total. The number of hydrogen-bond acceptors (Lipinski definition) is 1. The molecule has 2 unspecified atom stereocenters. The highest BCUT2D eigenvalue weighted by Gasteiger charge is 2.31. The molecule has 8 aromatic rings. The topological polar surface area (TPSA) is 3.24 Å². The van der Waals surface area contributed by atoms with Gasteiger partial charge in [-0.2, -0.15) is 0 Å². The number of rotatable bonds is 9. The van der Waals surface area contributed by atoms with Crippen molar-refractivity contribution < 1.29 is 0 Å². The van der Waals surface area contributed by atoms with E-state index < -0.39 is 0 Å². The quantitative estimate of drug-likeness (QED) is 0.140. The summed E-state index contributed by atoms with van der Waals surface area (Å²) in [4.78, 5) is 2.56. The second-order valence-electron chi connectivity index (χ2n) is 18.4. The van der Waals surface area contributed by atoms with Crippen molar-refractivity contribution in [3.63, 3.8) is 0 Å². The van der Waals surface area contributed by atoms with Crippen molar-refractivity contribution in [1.82, 2.24) is 0 Å². The molecule has 3 aliphatic rings. The highest BCUT2D eigenvalue weighted by Crippen LogP contribution is 2.49. The molecule has 0 saturated heterocycles. The first-order valence-corrected chi connectivity index (χ1v) is 23.5. The van der Waals surface area contributed by atoms with Crippen LogP contribution in [0.25, 0.3) is 54.9 Å². The van der Waals surface area contributed by atoms with Crippen molar-refractivity contribution in [2.24, 2.45) is 5.41 Å². The fraction of sp³-hybridized carbons (Fsp3) is 0.175. The largest absolute Gasteiger partial charge is 0.310 e. The molecule has 0 aromatic heterocycles. The van der Waals surface area contributed by atoms with Crippen LogP contribution in [0.2, 0.25) is 0 Å². The molecular weight excluding hydrogens is 771 g/mol. The lowest BCUT2D eigenvalue weighted by molar-refractivity contribution is 0.445. The van der Waals surface area contributed by atoms with Crippen molar-refractivity contribution in [3.8, 4) is 33.4 Å². The van der Waals surface area contributed by atoms with E-state index in [1.165, 1.54) is 121 Å². The van der Waals surface area contributed by atoms with Gasteiger partial charge in [-0.3, -0.25) is 0 Å². The highest BCUT2D eigenvalue weighted by molar-refractivity contribution is 6.03. The van der Waals surface area contributed by atoms with E-state index in [0.717, 1.165) is 12.8 Å². The number of benzene rings is 8. The van der Waals surface area contributed by atoms with Gasteiger partial charge in [-0.25, -0.2) is 0 Å². The van der Waals surface area contributed by atoms with Crippen LogP contribution in [0.5, 0.6) is 0 Å². The van der Waals surface area contributed by atoms with Crippen LogP contribution in [0.1, 0.15) is 74.8 Å². The Hall–Kier alpha value is -6.96. The summed E-state index contributed by atoms with van der Waals surface area (Å²) in [6, 6.07) is 67.5. The maximum atomic E-state index is 2.56. The zero-order valence-corrected chi connectivity index (χ0v) is 36.8. The van der Waals surface area contributed by atoms with E-state index in [9.17, 15) is 0 Å². The van der Waals surface area contributed by atoms with Crippen LogP contribution in [0, 0.1) is 5.41 Å². The smallest absolute Gasteiger partial charge is 0.0540 e. The Balaban J connectivity index is 1.04. The molecule has 3 aliphatic carbocycles. The van der Waals surface area contributed by atoms with Gasteiger partial charge in [0.05, 0.1) is 11.4 Å². The Morgan fingerprint density at radius 3 is 1.92 bits per heavy atom. The lowest BCUT2D eigenvalue weighted by Crippen LogP contribution is -2.24. The first kappa shape index (κ1) is 39.9. The van der Waals surface area contributed by atoms with E-state index in [0.29, 0.717) is 11.8 Å². The third-order valence-corrected chi connectivity index (χ3v) is 14.4. The molecule has 11 rings (SSSR count). The molecule has 1 heteroatoms. The zero-order chi connectivity index (χ0) is 42.9. The maximum Gasteiger partial charge on any atom is 0.0540 e. The number of para-hydroxylation sites is 1. The summed E-state index contributed by atoms with van der Waals surface area (Å²) in [7, 11) is 0. The molecule has 0 bridgehead atoms. The molecule has 0 spiro atoms. The molecule has 0 heterocycles. The maximum absolute atomic E-state index is 2.56. The summed E-state index contributed by atoms with van der Waals surface area (Å²) in [5.74, 6) is 0.955. The zero-order valence-electron chi connectivity index (χ0n) is 36.8.